The quantitative estimate of drug-likeness (QED) is 0.540. The van der Waals surface area contributed by atoms with Crippen molar-refractivity contribution in [1.29, 1.82) is 0 Å². The number of hydrogen-bond donors (Lipinski definition) is 0. The third-order valence-corrected chi connectivity index (χ3v) is 0.940. The van der Waals surface area contributed by atoms with Crippen LogP contribution in [0.5, 0.6) is 0 Å². The van der Waals surface area contributed by atoms with E-state index in [1.165, 1.54) is 5.56 Å². The maximum absolute atomic E-state index is 3.19. The van der Waals surface area contributed by atoms with Gasteiger partial charge in [0.1, 0.15) is 0 Å². The molecule has 0 aliphatic carbocycles. The van der Waals surface area contributed by atoms with E-state index in [0.29, 0.717) is 0 Å². The maximum atomic E-state index is 3.19. The van der Waals surface area contributed by atoms with Gasteiger partial charge in [0.05, 0.1) is 0 Å². The zero-order valence-electron chi connectivity index (χ0n) is 5.54. The Morgan fingerprint density at radius 3 is 1.78 bits per heavy atom. The van der Waals surface area contributed by atoms with Crippen molar-refractivity contribution in [2.75, 3.05) is 0 Å². The van der Waals surface area contributed by atoms with Gasteiger partial charge in [-0.05, 0) is 6.92 Å². The molecule has 0 fully saturated rings. The van der Waals surface area contributed by atoms with Gasteiger partial charge in [0.25, 0.3) is 0 Å². The molecule has 0 nitrogen and oxygen atoms in total. The molecule has 1 heteroatoms. The molecule has 0 bridgehead atoms. The SMILES string of the molecule is Cc1ccccc1.[CH2]=[V]. The van der Waals surface area contributed by atoms with Crippen molar-refractivity contribution in [3.05, 3.63) is 35.9 Å². The monoisotopic (exact) mass is 157 g/mol. The van der Waals surface area contributed by atoms with Gasteiger partial charge in [-0.25, -0.2) is 0 Å². The van der Waals surface area contributed by atoms with Gasteiger partial charge in [0.15, 0.2) is 0 Å². The van der Waals surface area contributed by atoms with Gasteiger partial charge in [-0.3, -0.25) is 0 Å². The normalized spacial score (nSPS) is 7.11. The molecule has 0 radical (unpaired) electrons. The fourth-order valence-corrected chi connectivity index (χ4v) is 0.534. The van der Waals surface area contributed by atoms with Crippen molar-refractivity contribution in [3.63, 3.8) is 0 Å². The van der Waals surface area contributed by atoms with Crippen LogP contribution in [0.25, 0.3) is 0 Å². The second-order valence-electron chi connectivity index (χ2n) is 1.65. The predicted octanol–water partition coefficient (Wildman–Crippen LogP) is 1.96. The van der Waals surface area contributed by atoms with Crippen LogP contribution in [0.3, 0.4) is 0 Å². The first-order valence-electron chi connectivity index (χ1n) is 2.73. The van der Waals surface area contributed by atoms with Crippen LogP contribution in [0, 0.1) is 6.92 Å². The topological polar surface area (TPSA) is 0 Å². The van der Waals surface area contributed by atoms with Crippen LogP contribution >= 0.6 is 0 Å². The van der Waals surface area contributed by atoms with E-state index < -0.39 is 0 Å². The molecule has 47 valence electrons. The van der Waals surface area contributed by atoms with Crippen LogP contribution in [0.4, 0.5) is 0 Å². The first kappa shape index (κ1) is 8.67. The molecular formula is C8H10V. The van der Waals surface area contributed by atoms with Gasteiger partial charge in [-0.2, -0.15) is 0 Å². The Balaban J connectivity index is 0.000000291. The van der Waals surface area contributed by atoms with Gasteiger partial charge >= 0.3 is 22.2 Å². The first-order valence-corrected chi connectivity index (χ1v) is 3.71. The fraction of sp³-hybridized carbons (Fsp3) is 0.125. The van der Waals surface area contributed by atoms with Gasteiger partial charge in [0, 0.05) is 0 Å². The molecule has 0 aliphatic rings. The minimum atomic E-state index is 1.32. The predicted molar refractivity (Wildman–Crippen MR) is 38.3 cm³/mol. The molecule has 0 spiro atoms. The summed E-state index contributed by atoms with van der Waals surface area (Å²) in [4.78, 5) is 0. The summed E-state index contributed by atoms with van der Waals surface area (Å²) in [5.41, 5.74) is 1.32. The molecular weight excluding hydrogens is 147 g/mol. The average molecular weight is 157 g/mol. The Hall–Kier alpha value is -0.326. The molecule has 1 rings (SSSR count). The Kier molecular flexibility index (Phi) is 5.59. The molecule has 0 N–H and O–H groups in total. The van der Waals surface area contributed by atoms with Crippen LogP contribution in [-0.4, -0.2) is 5.23 Å². The Labute approximate surface area is 65.4 Å². The van der Waals surface area contributed by atoms with Crippen molar-refractivity contribution in [3.8, 4) is 0 Å². The zero-order valence-corrected chi connectivity index (χ0v) is 6.94. The second-order valence-corrected chi connectivity index (χ2v) is 1.65. The van der Waals surface area contributed by atoms with Crippen LogP contribution in [-0.2, 0) is 17.0 Å². The Morgan fingerprint density at radius 1 is 1.11 bits per heavy atom. The van der Waals surface area contributed by atoms with Crippen molar-refractivity contribution < 1.29 is 17.0 Å². The fourth-order valence-electron chi connectivity index (χ4n) is 0.534. The summed E-state index contributed by atoms with van der Waals surface area (Å²) in [6.07, 6.45) is 0. The van der Waals surface area contributed by atoms with E-state index in [0.717, 1.165) is 0 Å². The number of rotatable bonds is 0. The molecule has 0 saturated carbocycles. The third kappa shape index (κ3) is 4.20. The molecule has 0 heterocycles. The second kappa shape index (κ2) is 5.80. The number of hydrogen-bond acceptors (Lipinski definition) is 0. The van der Waals surface area contributed by atoms with Crippen LogP contribution in [0.1, 0.15) is 5.56 Å². The Bertz CT molecular complexity index is 146. The summed E-state index contributed by atoms with van der Waals surface area (Å²) in [5.74, 6) is 0. The van der Waals surface area contributed by atoms with E-state index in [2.05, 4.69) is 41.3 Å². The summed E-state index contributed by atoms with van der Waals surface area (Å²) >= 11 is 2.06. The van der Waals surface area contributed by atoms with Crippen molar-refractivity contribution in [1.82, 2.24) is 0 Å². The van der Waals surface area contributed by atoms with Crippen molar-refractivity contribution in [2.24, 2.45) is 0 Å². The van der Waals surface area contributed by atoms with Crippen molar-refractivity contribution >= 4 is 5.23 Å². The molecule has 9 heavy (non-hydrogen) atoms. The third-order valence-electron chi connectivity index (χ3n) is 0.940. The van der Waals surface area contributed by atoms with E-state index in [-0.39, 0.29) is 0 Å². The van der Waals surface area contributed by atoms with E-state index in [1.807, 2.05) is 18.2 Å². The molecule has 0 atom stereocenters. The van der Waals surface area contributed by atoms with Gasteiger partial charge < -0.3 is 0 Å². The zero-order chi connectivity index (χ0) is 7.11. The molecule has 0 amide bonds. The summed E-state index contributed by atoms with van der Waals surface area (Å²) in [5, 5.41) is 3.19. The van der Waals surface area contributed by atoms with Crippen LogP contribution < -0.4 is 0 Å². The summed E-state index contributed by atoms with van der Waals surface area (Å²) in [6, 6.07) is 10.3. The van der Waals surface area contributed by atoms with Gasteiger partial charge in [-0.1, -0.05) is 35.9 Å². The van der Waals surface area contributed by atoms with E-state index in [9.17, 15) is 0 Å². The molecule has 0 aliphatic heterocycles. The number of benzene rings is 1. The van der Waals surface area contributed by atoms with E-state index in [4.69, 9.17) is 0 Å². The van der Waals surface area contributed by atoms with Crippen LogP contribution in [0.15, 0.2) is 30.3 Å². The summed E-state index contributed by atoms with van der Waals surface area (Å²) in [7, 11) is 0. The number of aryl methyl sites for hydroxylation is 1. The molecule has 0 unspecified atom stereocenters. The molecule has 0 saturated heterocycles. The molecule has 0 aromatic heterocycles. The summed E-state index contributed by atoms with van der Waals surface area (Å²) < 4.78 is 0. The minimum absolute atomic E-state index is 1.32. The molecule has 1 aromatic carbocycles. The standard InChI is InChI=1S/C7H8.CH2.V/c1-7-5-3-2-4-6-7;;/h2-6H,1H3;1H2;. The first-order chi connectivity index (χ1) is 4.39. The van der Waals surface area contributed by atoms with Crippen LogP contribution in [0.2, 0.25) is 0 Å². The van der Waals surface area contributed by atoms with Gasteiger partial charge in [-0.15, -0.1) is 0 Å². The van der Waals surface area contributed by atoms with E-state index in [1.54, 1.807) is 0 Å². The van der Waals surface area contributed by atoms with E-state index >= 15 is 0 Å². The van der Waals surface area contributed by atoms with Gasteiger partial charge in [0.2, 0.25) is 0 Å². The summed E-state index contributed by atoms with van der Waals surface area (Å²) in [6.45, 7) is 2.08. The Morgan fingerprint density at radius 2 is 1.56 bits per heavy atom. The van der Waals surface area contributed by atoms with Crippen molar-refractivity contribution in [2.45, 2.75) is 6.92 Å². The average Bonchev–Trinajstić information content (AvgIpc) is 1.94. The molecule has 1 aromatic rings.